The molecule has 0 fully saturated rings. The van der Waals surface area contributed by atoms with E-state index in [-0.39, 0.29) is 16.7 Å². The minimum Gasteiger partial charge on any atom is -0.376 e. The summed E-state index contributed by atoms with van der Waals surface area (Å²) in [5.41, 5.74) is 8.54. The number of urea groups is 1. The number of aromatic nitrogens is 1. The Labute approximate surface area is 280 Å². The number of carbonyl (C=O) groups excluding carboxylic acids is 1. The number of carbonyl (C=O) groups is 1. The quantitative estimate of drug-likeness (QED) is 0.223. The van der Waals surface area contributed by atoms with Gasteiger partial charge in [-0.25, -0.2) is 9.80 Å². The van der Waals surface area contributed by atoms with Gasteiger partial charge in [-0.3, -0.25) is 14.5 Å². The summed E-state index contributed by atoms with van der Waals surface area (Å²) < 4.78 is 0.769. The zero-order valence-electron chi connectivity index (χ0n) is 27.2. The fourth-order valence-electron chi connectivity index (χ4n) is 6.86. The minimum absolute atomic E-state index is 0.173. The number of thioether (sulfide) groups is 3. The average Bonchev–Trinajstić information content (AvgIpc) is 3.34. The SMILES string of the molecule is CC.CCCSC1(SC)C(C)=C(C)SC2=C1c1cc3c(c4c1N(C(=O)N(n1c(=O)ssc1=O)C4)C2(C)CC)C(C)=CN(C)C3. The predicted molar refractivity (Wildman–Crippen MR) is 196 cm³/mol. The van der Waals surface area contributed by atoms with Gasteiger partial charge >= 0.3 is 15.8 Å². The average molecular weight is 691 g/mol. The molecule has 1 aromatic carbocycles. The molecule has 4 aliphatic heterocycles. The second kappa shape index (κ2) is 12.4. The molecule has 238 valence electrons. The molecule has 2 atom stereocenters. The summed E-state index contributed by atoms with van der Waals surface area (Å²) >= 11 is 5.69. The molecule has 2 aromatic rings. The smallest absolute Gasteiger partial charge is 0.345 e. The van der Waals surface area contributed by atoms with Crippen molar-refractivity contribution in [1.82, 2.24) is 9.58 Å². The fourth-order valence-corrected chi connectivity index (χ4v) is 12.9. The number of benzene rings is 1. The van der Waals surface area contributed by atoms with Gasteiger partial charge < -0.3 is 4.90 Å². The van der Waals surface area contributed by atoms with E-state index in [1.807, 2.05) is 42.3 Å². The number of nitrogens with zero attached hydrogens (tertiary/aromatic N) is 4. The summed E-state index contributed by atoms with van der Waals surface area (Å²) in [7, 11) is 3.85. The molecular weight excluding hydrogens is 649 g/mol. The standard InChI is InChI=1S/C30H36N4O3S5.C2H6/c1-9-11-39-30(38-8)17(4)18(5)40-25-23(30)20-12-19-14-31(7)13-16(3)22(19)21-15-32(34-27(36)41-42-28(34)37)26(35)33(24(20)21)29(25,6)10-2;1-2/h12-13H,9-11,14-15H2,1-8H3;1-2H3. The van der Waals surface area contributed by atoms with E-state index in [0.717, 1.165) is 72.0 Å². The molecule has 0 saturated heterocycles. The molecule has 1 aromatic heterocycles. The molecule has 0 bridgehead atoms. The summed E-state index contributed by atoms with van der Waals surface area (Å²) in [5.74, 6) is 1.03. The number of amides is 2. The van der Waals surface area contributed by atoms with Crippen LogP contribution >= 0.6 is 56.0 Å². The molecule has 0 aliphatic carbocycles. The monoisotopic (exact) mass is 690 g/mol. The molecular formula is C32H42N4O3S5. The Bertz CT molecular complexity index is 1710. The zero-order valence-corrected chi connectivity index (χ0v) is 31.3. The third-order valence-electron chi connectivity index (χ3n) is 9.00. The van der Waals surface area contributed by atoms with Gasteiger partial charge in [-0.05, 0) is 106 Å². The lowest BCUT2D eigenvalue weighted by Crippen LogP contribution is -2.65. The van der Waals surface area contributed by atoms with Crippen molar-refractivity contribution in [1.29, 1.82) is 0 Å². The molecule has 12 heteroatoms. The molecule has 0 radical (unpaired) electrons. The second-order valence-corrected chi connectivity index (χ2v) is 17.3. The van der Waals surface area contributed by atoms with Crippen molar-refractivity contribution >= 4 is 78.8 Å². The van der Waals surface area contributed by atoms with E-state index >= 15 is 0 Å². The van der Waals surface area contributed by atoms with Crippen LogP contribution in [-0.4, -0.2) is 44.3 Å². The van der Waals surface area contributed by atoms with Crippen molar-refractivity contribution in [2.24, 2.45) is 0 Å². The van der Waals surface area contributed by atoms with E-state index in [0.29, 0.717) is 6.42 Å². The number of allylic oxidation sites excluding steroid dienone is 2. The van der Waals surface area contributed by atoms with E-state index in [1.165, 1.54) is 31.5 Å². The molecule has 2 unspecified atom stereocenters. The highest BCUT2D eigenvalue weighted by molar-refractivity contribution is 8.19. The van der Waals surface area contributed by atoms with Crippen LogP contribution in [0.2, 0.25) is 0 Å². The summed E-state index contributed by atoms with van der Waals surface area (Å²) in [6.07, 6.45) is 6.13. The van der Waals surface area contributed by atoms with Crippen molar-refractivity contribution < 1.29 is 4.79 Å². The second-order valence-electron chi connectivity index (χ2n) is 11.5. The van der Waals surface area contributed by atoms with Crippen LogP contribution in [-0.2, 0) is 13.1 Å². The molecule has 7 nitrogen and oxygen atoms in total. The summed E-state index contributed by atoms with van der Waals surface area (Å²) in [4.78, 5) is 46.4. The molecule has 2 amide bonds. The molecule has 44 heavy (non-hydrogen) atoms. The Balaban J connectivity index is 0.00000188. The molecule has 4 aliphatic rings. The first kappa shape index (κ1) is 33.5. The van der Waals surface area contributed by atoms with Gasteiger partial charge in [0.1, 0.15) is 4.08 Å². The van der Waals surface area contributed by atoms with E-state index < -0.39 is 15.3 Å². The predicted octanol–water partition coefficient (Wildman–Crippen LogP) is 8.38. The third-order valence-corrected chi connectivity index (χ3v) is 15.7. The summed E-state index contributed by atoms with van der Waals surface area (Å²) in [6, 6.07) is 2.02. The van der Waals surface area contributed by atoms with Gasteiger partial charge in [-0.15, -0.1) is 23.5 Å². The number of hydrogen-bond donors (Lipinski definition) is 0. The van der Waals surface area contributed by atoms with Crippen LogP contribution in [0.4, 0.5) is 10.5 Å². The molecule has 0 saturated carbocycles. The third kappa shape index (κ3) is 4.72. The van der Waals surface area contributed by atoms with E-state index in [4.69, 9.17) is 0 Å². The normalized spacial score (nSPS) is 24.1. The number of rotatable bonds is 6. The Morgan fingerprint density at radius 1 is 1.02 bits per heavy atom. The first-order valence-electron chi connectivity index (χ1n) is 15.2. The first-order chi connectivity index (χ1) is 20.9. The van der Waals surface area contributed by atoms with E-state index in [9.17, 15) is 14.4 Å². The van der Waals surface area contributed by atoms with Gasteiger partial charge in [0.15, 0.2) is 0 Å². The highest BCUT2D eigenvalue weighted by atomic mass is 32.9. The van der Waals surface area contributed by atoms with E-state index in [2.05, 4.69) is 72.0 Å². The van der Waals surface area contributed by atoms with Crippen molar-refractivity contribution in [2.45, 2.75) is 90.9 Å². The fraction of sp³-hybridized carbons (Fsp3) is 0.531. The maximum absolute atomic E-state index is 14.7. The topological polar surface area (TPSA) is 65.9 Å². The van der Waals surface area contributed by atoms with Gasteiger partial charge in [-0.2, -0.15) is 4.68 Å². The highest BCUT2D eigenvalue weighted by Gasteiger charge is 2.56. The van der Waals surface area contributed by atoms with Crippen LogP contribution in [0.1, 0.15) is 90.5 Å². The maximum Gasteiger partial charge on any atom is 0.345 e. The van der Waals surface area contributed by atoms with Gasteiger partial charge in [0, 0.05) is 41.4 Å². The largest absolute Gasteiger partial charge is 0.376 e. The number of hydrogen-bond acceptors (Lipinski definition) is 9. The van der Waals surface area contributed by atoms with Crippen LogP contribution in [0, 0.1) is 0 Å². The Kier molecular flexibility index (Phi) is 9.43. The first-order valence-corrected chi connectivity index (χ1v) is 20.3. The van der Waals surface area contributed by atoms with Crippen LogP contribution in [0.25, 0.3) is 11.1 Å². The highest BCUT2D eigenvalue weighted by Crippen LogP contribution is 2.66. The number of fused-ring (bicyclic) bond motifs is 3. The van der Waals surface area contributed by atoms with Crippen molar-refractivity contribution in [2.75, 3.05) is 29.0 Å². The van der Waals surface area contributed by atoms with Gasteiger partial charge in [-0.1, -0.05) is 39.5 Å². The Hall–Kier alpha value is -1.86. The van der Waals surface area contributed by atoms with Gasteiger partial charge in [0.25, 0.3) is 0 Å². The lowest BCUT2D eigenvalue weighted by molar-refractivity contribution is 0.237. The minimum atomic E-state index is -0.670. The lowest BCUT2D eigenvalue weighted by atomic mass is 9.77. The van der Waals surface area contributed by atoms with Gasteiger partial charge in [0.05, 0.1) is 17.8 Å². The van der Waals surface area contributed by atoms with Crippen LogP contribution in [0.3, 0.4) is 0 Å². The molecule has 0 N–H and O–H groups in total. The van der Waals surface area contributed by atoms with Crippen LogP contribution < -0.4 is 19.7 Å². The Morgan fingerprint density at radius 3 is 2.27 bits per heavy atom. The number of anilines is 1. The van der Waals surface area contributed by atoms with Crippen molar-refractivity contribution in [3.8, 4) is 0 Å². The Morgan fingerprint density at radius 2 is 1.68 bits per heavy atom. The van der Waals surface area contributed by atoms with E-state index in [1.54, 1.807) is 11.8 Å². The molecule has 5 heterocycles. The summed E-state index contributed by atoms with van der Waals surface area (Å²) in [5, 5.41) is 1.39. The molecule has 6 rings (SSSR count). The summed E-state index contributed by atoms with van der Waals surface area (Å²) in [6.45, 7) is 18.0. The van der Waals surface area contributed by atoms with Crippen molar-refractivity contribution in [3.05, 3.63) is 69.2 Å². The van der Waals surface area contributed by atoms with Gasteiger partial charge in [0.2, 0.25) is 0 Å². The van der Waals surface area contributed by atoms with Crippen molar-refractivity contribution in [3.63, 3.8) is 0 Å². The lowest BCUT2D eigenvalue weighted by Gasteiger charge is -2.56. The van der Waals surface area contributed by atoms with Crippen LogP contribution in [0.15, 0.2) is 37.2 Å². The van der Waals surface area contributed by atoms with Crippen LogP contribution in [0.5, 0.6) is 0 Å². The zero-order chi connectivity index (χ0) is 32.3. The maximum atomic E-state index is 14.7. The molecule has 0 spiro atoms.